The highest BCUT2D eigenvalue weighted by molar-refractivity contribution is 9.10. The van der Waals surface area contributed by atoms with E-state index < -0.39 is 0 Å². The second-order valence-corrected chi connectivity index (χ2v) is 5.31. The quantitative estimate of drug-likeness (QED) is 0.912. The fourth-order valence-electron chi connectivity index (χ4n) is 1.94. The van der Waals surface area contributed by atoms with Crippen LogP contribution in [0, 0.1) is 0 Å². The van der Waals surface area contributed by atoms with Crippen LogP contribution in [0.3, 0.4) is 0 Å². The fraction of sp³-hybridized carbons (Fsp3) is 0.429. The van der Waals surface area contributed by atoms with E-state index in [0.29, 0.717) is 12.1 Å². The topological polar surface area (TPSA) is 21.3 Å². The predicted octanol–water partition coefficient (Wildman–Crippen LogP) is 3.79. The molecule has 0 fully saturated rings. The zero-order chi connectivity index (χ0) is 12.1. The average molecular weight is 296 g/mol. The van der Waals surface area contributed by atoms with Gasteiger partial charge in [-0.25, -0.2) is 0 Å². The van der Waals surface area contributed by atoms with Crippen molar-refractivity contribution in [2.75, 3.05) is 6.54 Å². The van der Waals surface area contributed by atoms with Crippen LogP contribution in [0.2, 0.25) is 0 Å². The van der Waals surface area contributed by atoms with E-state index in [0.717, 1.165) is 23.9 Å². The zero-order valence-corrected chi connectivity index (χ0v) is 11.6. The fourth-order valence-corrected chi connectivity index (χ4v) is 2.35. The summed E-state index contributed by atoms with van der Waals surface area (Å²) >= 11 is 3.50. The number of hydrogen-bond acceptors (Lipinski definition) is 2. The van der Waals surface area contributed by atoms with Gasteiger partial charge in [0.2, 0.25) is 0 Å². The van der Waals surface area contributed by atoms with Gasteiger partial charge in [-0.05, 0) is 43.5 Å². The Morgan fingerprint density at radius 1 is 1.53 bits per heavy atom. The second kappa shape index (κ2) is 6.22. The van der Waals surface area contributed by atoms with E-state index in [2.05, 4.69) is 52.4 Å². The van der Waals surface area contributed by atoms with Crippen LogP contribution in [0.15, 0.2) is 41.1 Å². The van der Waals surface area contributed by atoms with Gasteiger partial charge in [0, 0.05) is 17.1 Å². The minimum Gasteiger partial charge on any atom is -0.497 e. The third-order valence-electron chi connectivity index (χ3n) is 3.02. The maximum absolute atomic E-state index is 5.54. The van der Waals surface area contributed by atoms with Crippen molar-refractivity contribution in [1.82, 2.24) is 5.32 Å². The van der Waals surface area contributed by atoms with E-state index in [-0.39, 0.29) is 0 Å². The number of halogens is 1. The summed E-state index contributed by atoms with van der Waals surface area (Å²) in [4.78, 5) is 0. The van der Waals surface area contributed by atoms with E-state index >= 15 is 0 Å². The molecular weight excluding hydrogens is 278 g/mol. The van der Waals surface area contributed by atoms with Crippen LogP contribution in [0.1, 0.15) is 31.4 Å². The maximum atomic E-state index is 5.54. The summed E-state index contributed by atoms with van der Waals surface area (Å²) in [6.07, 6.45) is 6.44. The van der Waals surface area contributed by atoms with Gasteiger partial charge >= 0.3 is 0 Å². The van der Waals surface area contributed by atoms with Gasteiger partial charge in [-0.2, -0.15) is 0 Å². The predicted molar refractivity (Wildman–Crippen MR) is 73.8 cm³/mol. The molecule has 0 radical (unpaired) electrons. The standard InChI is InChI=1S/C14H18BrNO/c1-11(12-5-4-6-13(15)9-12)16-10-14-7-2-3-8-17-14/h3-6,8-9,11,14,16H,2,7,10H2,1H3/t11-,14?/m0/s1. The molecule has 1 aromatic rings. The van der Waals surface area contributed by atoms with E-state index in [1.165, 1.54) is 5.56 Å². The molecule has 0 aromatic heterocycles. The van der Waals surface area contributed by atoms with E-state index in [9.17, 15) is 0 Å². The van der Waals surface area contributed by atoms with E-state index in [4.69, 9.17) is 4.74 Å². The highest BCUT2D eigenvalue weighted by Crippen LogP contribution is 2.18. The van der Waals surface area contributed by atoms with Crippen LogP contribution in [0.4, 0.5) is 0 Å². The molecule has 0 spiro atoms. The molecule has 0 saturated heterocycles. The molecule has 3 heteroatoms. The summed E-state index contributed by atoms with van der Waals surface area (Å²) in [6, 6.07) is 8.76. The first kappa shape index (κ1) is 12.7. The Morgan fingerprint density at radius 3 is 3.12 bits per heavy atom. The van der Waals surface area contributed by atoms with E-state index in [1.807, 2.05) is 12.3 Å². The van der Waals surface area contributed by atoms with Crippen molar-refractivity contribution in [3.63, 3.8) is 0 Å². The monoisotopic (exact) mass is 295 g/mol. The van der Waals surface area contributed by atoms with Crippen molar-refractivity contribution in [2.24, 2.45) is 0 Å². The number of hydrogen-bond donors (Lipinski definition) is 1. The smallest absolute Gasteiger partial charge is 0.110 e. The third kappa shape index (κ3) is 3.86. The molecule has 2 rings (SSSR count). The zero-order valence-electron chi connectivity index (χ0n) is 10.0. The van der Waals surface area contributed by atoms with Crippen molar-refractivity contribution in [1.29, 1.82) is 0 Å². The molecule has 1 aliphatic rings. The summed E-state index contributed by atoms with van der Waals surface area (Å²) in [5, 5.41) is 3.52. The lowest BCUT2D eigenvalue weighted by Gasteiger charge is -2.22. The highest BCUT2D eigenvalue weighted by atomic mass is 79.9. The molecule has 17 heavy (non-hydrogen) atoms. The van der Waals surface area contributed by atoms with Crippen molar-refractivity contribution >= 4 is 15.9 Å². The van der Waals surface area contributed by atoms with Gasteiger partial charge in [0.1, 0.15) is 6.10 Å². The first-order valence-electron chi connectivity index (χ1n) is 6.05. The number of rotatable bonds is 4. The summed E-state index contributed by atoms with van der Waals surface area (Å²) in [5.74, 6) is 0. The first-order chi connectivity index (χ1) is 8.25. The highest BCUT2D eigenvalue weighted by Gasteiger charge is 2.12. The Kier molecular flexibility index (Phi) is 4.63. The molecule has 0 aliphatic carbocycles. The minimum absolute atomic E-state index is 0.314. The molecule has 2 nitrogen and oxygen atoms in total. The van der Waals surface area contributed by atoms with Gasteiger partial charge in [0.25, 0.3) is 0 Å². The lowest BCUT2D eigenvalue weighted by molar-refractivity contribution is 0.120. The first-order valence-corrected chi connectivity index (χ1v) is 6.84. The average Bonchev–Trinajstić information content (AvgIpc) is 2.37. The summed E-state index contributed by atoms with van der Waals surface area (Å²) in [6.45, 7) is 3.08. The molecule has 1 aromatic carbocycles. The molecule has 1 N–H and O–H groups in total. The Hall–Kier alpha value is -0.800. The molecule has 1 heterocycles. The lowest BCUT2D eigenvalue weighted by Crippen LogP contribution is -2.31. The Bertz CT molecular complexity index is 392. The summed E-state index contributed by atoms with van der Waals surface area (Å²) in [5.41, 5.74) is 1.30. The Labute approximate surface area is 111 Å². The molecule has 0 saturated carbocycles. The largest absolute Gasteiger partial charge is 0.497 e. The number of benzene rings is 1. The molecule has 0 amide bonds. The summed E-state index contributed by atoms with van der Waals surface area (Å²) < 4.78 is 6.66. The molecule has 92 valence electrons. The van der Waals surface area contributed by atoms with Gasteiger partial charge < -0.3 is 10.1 Å². The van der Waals surface area contributed by atoms with Gasteiger partial charge in [-0.1, -0.05) is 28.1 Å². The molecule has 1 aliphatic heterocycles. The van der Waals surface area contributed by atoms with Gasteiger partial charge in [-0.3, -0.25) is 0 Å². The van der Waals surface area contributed by atoms with Crippen LogP contribution in [-0.4, -0.2) is 12.6 Å². The van der Waals surface area contributed by atoms with Crippen molar-refractivity contribution < 1.29 is 4.74 Å². The van der Waals surface area contributed by atoms with Crippen LogP contribution < -0.4 is 5.32 Å². The van der Waals surface area contributed by atoms with Gasteiger partial charge in [0.05, 0.1) is 6.26 Å². The van der Waals surface area contributed by atoms with Gasteiger partial charge in [-0.15, -0.1) is 0 Å². The normalized spacial score (nSPS) is 20.9. The molecule has 1 unspecified atom stereocenters. The Morgan fingerprint density at radius 2 is 2.41 bits per heavy atom. The van der Waals surface area contributed by atoms with Crippen LogP contribution in [0.5, 0.6) is 0 Å². The van der Waals surface area contributed by atoms with E-state index in [1.54, 1.807) is 0 Å². The van der Waals surface area contributed by atoms with Crippen molar-refractivity contribution in [3.05, 3.63) is 46.6 Å². The lowest BCUT2D eigenvalue weighted by atomic mass is 10.1. The van der Waals surface area contributed by atoms with Gasteiger partial charge in [0.15, 0.2) is 0 Å². The van der Waals surface area contributed by atoms with Crippen LogP contribution in [-0.2, 0) is 4.74 Å². The van der Waals surface area contributed by atoms with Crippen molar-refractivity contribution in [2.45, 2.75) is 31.9 Å². The van der Waals surface area contributed by atoms with Crippen LogP contribution in [0.25, 0.3) is 0 Å². The third-order valence-corrected chi connectivity index (χ3v) is 3.52. The minimum atomic E-state index is 0.314. The maximum Gasteiger partial charge on any atom is 0.110 e. The summed E-state index contributed by atoms with van der Waals surface area (Å²) in [7, 11) is 0. The SMILES string of the molecule is C[C@H](NCC1CCC=CO1)c1cccc(Br)c1. The molecule has 2 atom stereocenters. The van der Waals surface area contributed by atoms with Crippen molar-refractivity contribution in [3.8, 4) is 0 Å². The number of allylic oxidation sites excluding steroid dienone is 1. The number of ether oxygens (including phenoxy) is 1. The van der Waals surface area contributed by atoms with Crippen LogP contribution >= 0.6 is 15.9 Å². The second-order valence-electron chi connectivity index (χ2n) is 4.39. The molecule has 0 bridgehead atoms. The Balaban J connectivity index is 1.84. The molecular formula is C14H18BrNO. The number of nitrogens with one attached hydrogen (secondary N) is 1.